The van der Waals surface area contributed by atoms with Gasteiger partial charge < -0.3 is 9.52 Å². The number of hydrogen-bond donors (Lipinski definition) is 1. The molecule has 2 aromatic heterocycles. The molecular formula is C14H9NO3. The highest BCUT2D eigenvalue weighted by Crippen LogP contribution is 2.28. The van der Waals surface area contributed by atoms with Crippen LogP contribution in [0.4, 0.5) is 0 Å². The zero-order valence-corrected chi connectivity index (χ0v) is 9.33. The van der Waals surface area contributed by atoms with Gasteiger partial charge in [0, 0.05) is 17.1 Å². The molecule has 3 rings (SSSR count). The zero-order valence-electron chi connectivity index (χ0n) is 9.33. The van der Waals surface area contributed by atoms with Crippen LogP contribution in [0, 0.1) is 0 Å². The second-order valence-corrected chi connectivity index (χ2v) is 3.88. The molecule has 0 saturated carbocycles. The molecule has 0 spiro atoms. The highest BCUT2D eigenvalue weighted by atomic mass is 16.4. The van der Waals surface area contributed by atoms with Gasteiger partial charge in [-0.05, 0) is 24.3 Å². The van der Waals surface area contributed by atoms with Crippen LogP contribution in [0.2, 0.25) is 0 Å². The number of pyridine rings is 1. The lowest BCUT2D eigenvalue weighted by atomic mass is 10.0. The Hall–Kier alpha value is -2.62. The summed E-state index contributed by atoms with van der Waals surface area (Å²) in [6, 6.07) is 10.8. The fraction of sp³-hybridized carbons (Fsp3) is 0. The minimum absolute atomic E-state index is 0.168. The summed E-state index contributed by atoms with van der Waals surface area (Å²) in [6.07, 6.45) is 2.94. The van der Waals surface area contributed by atoms with Crippen molar-refractivity contribution in [1.29, 1.82) is 0 Å². The maximum Gasteiger partial charge on any atom is 0.337 e. The van der Waals surface area contributed by atoms with Crippen LogP contribution in [0.25, 0.3) is 22.2 Å². The number of benzene rings is 1. The topological polar surface area (TPSA) is 63.3 Å². The quantitative estimate of drug-likeness (QED) is 0.745. The standard InChI is InChI=1S/C14H9NO3/c16-14(17)9-7-11-10(13-5-2-6-18-13)3-1-4-12(11)15-8-9/h1-8H,(H,16,17). The number of carbonyl (C=O) groups is 1. The largest absolute Gasteiger partial charge is 0.478 e. The van der Waals surface area contributed by atoms with Crippen molar-refractivity contribution in [3.05, 3.63) is 54.4 Å². The average Bonchev–Trinajstić information content (AvgIpc) is 2.91. The molecule has 4 heteroatoms. The number of rotatable bonds is 2. The van der Waals surface area contributed by atoms with Crippen molar-refractivity contribution in [3.63, 3.8) is 0 Å². The third-order valence-corrected chi connectivity index (χ3v) is 2.76. The van der Waals surface area contributed by atoms with Crippen LogP contribution in [0.1, 0.15) is 10.4 Å². The van der Waals surface area contributed by atoms with E-state index in [1.54, 1.807) is 18.4 Å². The summed E-state index contributed by atoms with van der Waals surface area (Å²) in [7, 11) is 0. The highest BCUT2D eigenvalue weighted by molar-refractivity contribution is 5.98. The van der Waals surface area contributed by atoms with Crippen molar-refractivity contribution >= 4 is 16.9 Å². The van der Waals surface area contributed by atoms with Crippen molar-refractivity contribution in [3.8, 4) is 11.3 Å². The lowest BCUT2D eigenvalue weighted by molar-refractivity contribution is 0.0696. The predicted molar refractivity (Wildman–Crippen MR) is 66.4 cm³/mol. The third-order valence-electron chi connectivity index (χ3n) is 2.76. The van der Waals surface area contributed by atoms with E-state index in [1.165, 1.54) is 6.20 Å². The van der Waals surface area contributed by atoms with Gasteiger partial charge in [0.2, 0.25) is 0 Å². The Morgan fingerprint density at radius 2 is 2.11 bits per heavy atom. The van der Waals surface area contributed by atoms with Crippen LogP contribution in [0.3, 0.4) is 0 Å². The lowest BCUT2D eigenvalue weighted by Gasteiger charge is -2.04. The zero-order chi connectivity index (χ0) is 12.5. The fourth-order valence-corrected chi connectivity index (χ4v) is 1.91. The Labute approximate surface area is 103 Å². The van der Waals surface area contributed by atoms with E-state index in [1.807, 2.05) is 24.3 Å². The smallest absolute Gasteiger partial charge is 0.337 e. The number of furan rings is 1. The van der Waals surface area contributed by atoms with E-state index in [0.717, 1.165) is 16.5 Å². The van der Waals surface area contributed by atoms with Crippen molar-refractivity contribution in [2.75, 3.05) is 0 Å². The van der Waals surface area contributed by atoms with E-state index < -0.39 is 5.97 Å². The van der Waals surface area contributed by atoms with Crippen LogP contribution in [-0.2, 0) is 0 Å². The van der Waals surface area contributed by atoms with E-state index >= 15 is 0 Å². The normalized spacial score (nSPS) is 10.7. The van der Waals surface area contributed by atoms with E-state index in [4.69, 9.17) is 9.52 Å². The Bertz CT molecular complexity index is 717. The number of carboxylic acids is 1. The van der Waals surface area contributed by atoms with E-state index in [0.29, 0.717) is 5.76 Å². The Morgan fingerprint density at radius 3 is 2.83 bits per heavy atom. The van der Waals surface area contributed by atoms with Crippen LogP contribution < -0.4 is 0 Å². The van der Waals surface area contributed by atoms with E-state index in [-0.39, 0.29) is 5.56 Å². The maximum atomic E-state index is 11.0. The lowest BCUT2D eigenvalue weighted by Crippen LogP contribution is -1.97. The minimum atomic E-state index is -0.987. The fourth-order valence-electron chi connectivity index (χ4n) is 1.91. The molecule has 0 saturated heterocycles. The molecule has 88 valence electrons. The number of aromatic nitrogens is 1. The van der Waals surface area contributed by atoms with Gasteiger partial charge in [-0.1, -0.05) is 12.1 Å². The van der Waals surface area contributed by atoms with Gasteiger partial charge in [0.15, 0.2) is 0 Å². The molecule has 1 aromatic carbocycles. The Balaban J connectivity index is 2.31. The number of hydrogen-bond acceptors (Lipinski definition) is 3. The van der Waals surface area contributed by atoms with Gasteiger partial charge in [-0.25, -0.2) is 4.79 Å². The Morgan fingerprint density at radius 1 is 1.22 bits per heavy atom. The molecule has 0 radical (unpaired) electrons. The van der Waals surface area contributed by atoms with Crippen LogP contribution in [0.15, 0.2) is 53.3 Å². The number of fused-ring (bicyclic) bond motifs is 1. The van der Waals surface area contributed by atoms with Crippen LogP contribution in [0.5, 0.6) is 0 Å². The highest BCUT2D eigenvalue weighted by Gasteiger charge is 2.10. The molecule has 3 aromatic rings. The summed E-state index contributed by atoms with van der Waals surface area (Å²) in [5.74, 6) is -0.288. The summed E-state index contributed by atoms with van der Waals surface area (Å²) in [5, 5.41) is 9.77. The molecule has 0 amide bonds. The molecule has 1 N–H and O–H groups in total. The SMILES string of the molecule is O=C(O)c1cnc2cccc(-c3ccco3)c2c1. The summed E-state index contributed by atoms with van der Waals surface area (Å²) in [4.78, 5) is 15.1. The first-order valence-corrected chi connectivity index (χ1v) is 5.41. The van der Waals surface area contributed by atoms with Crippen molar-refractivity contribution in [2.24, 2.45) is 0 Å². The molecular weight excluding hydrogens is 230 g/mol. The molecule has 0 unspecified atom stereocenters. The first kappa shape index (κ1) is 10.5. The monoisotopic (exact) mass is 239 g/mol. The summed E-state index contributed by atoms with van der Waals surface area (Å²) in [6.45, 7) is 0. The average molecular weight is 239 g/mol. The molecule has 0 fully saturated rings. The molecule has 0 bridgehead atoms. The molecule has 4 nitrogen and oxygen atoms in total. The van der Waals surface area contributed by atoms with Crippen LogP contribution in [-0.4, -0.2) is 16.1 Å². The molecule has 2 heterocycles. The molecule has 0 aliphatic carbocycles. The second-order valence-electron chi connectivity index (χ2n) is 3.88. The summed E-state index contributed by atoms with van der Waals surface area (Å²) in [5.41, 5.74) is 1.75. The van der Waals surface area contributed by atoms with Gasteiger partial charge >= 0.3 is 5.97 Å². The Kier molecular flexibility index (Phi) is 2.34. The van der Waals surface area contributed by atoms with Gasteiger partial charge in [0.1, 0.15) is 5.76 Å². The molecule has 0 atom stereocenters. The van der Waals surface area contributed by atoms with E-state index in [9.17, 15) is 4.79 Å². The predicted octanol–water partition coefficient (Wildman–Crippen LogP) is 3.19. The number of nitrogens with zero attached hydrogens (tertiary/aromatic N) is 1. The van der Waals surface area contributed by atoms with Crippen LogP contribution >= 0.6 is 0 Å². The van der Waals surface area contributed by atoms with Gasteiger partial charge in [-0.2, -0.15) is 0 Å². The first-order chi connectivity index (χ1) is 8.75. The van der Waals surface area contributed by atoms with Gasteiger partial charge in [-0.3, -0.25) is 4.98 Å². The molecule has 0 aliphatic heterocycles. The van der Waals surface area contributed by atoms with Crippen molar-refractivity contribution in [1.82, 2.24) is 4.98 Å². The van der Waals surface area contributed by atoms with Gasteiger partial charge in [0.05, 0.1) is 17.3 Å². The van der Waals surface area contributed by atoms with Crippen molar-refractivity contribution < 1.29 is 14.3 Å². The summed E-state index contributed by atoms with van der Waals surface area (Å²) < 4.78 is 5.35. The third kappa shape index (κ3) is 1.64. The number of carboxylic acid groups (broad SMARTS) is 1. The molecule has 0 aliphatic rings. The maximum absolute atomic E-state index is 11.0. The molecule has 18 heavy (non-hydrogen) atoms. The second kappa shape index (κ2) is 4.00. The van der Waals surface area contributed by atoms with Gasteiger partial charge in [-0.15, -0.1) is 0 Å². The summed E-state index contributed by atoms with van der Waals surface area (Å²) >= 11 is 0. The van der Waals surface area contributed by atoms with E-state index in [2.05, 4.69) is 4.98 Å². The minimum Gasteiger partial charge on any atom is -0.478 e. The number of aromatic carboxylic acids is 1. The van der Waals surface area contributed by atoms with Gasteiger partial charge in [0.25, 0.3) is 0 Å². The first-order valence-electron chi connectivity index (χ1n) is 5.41. The van der Waals surface area contributed by atoms with Crippen molar-refractivity contribution in [2.45, 2.75) is 0 Å².